The molecule has 23 heavy (non-hydrogen) atoms. The van der Waals surface area contributed by atoms with Gasteiger partial charge in [0.05, 0.1) is 31.6 Å². The van der Waals surface area contributed by atoms with Crippen LogP contribution in [0.2, 0.25) is 0 Å². The van der Waals surface area contributed by atoms with E-state index >= 15 is 0 Å². The third-order valence-corrected chi connectivity index (χ3v) is 3.49. The van der Waals surface area contributed by atoms with Crippen molar-refractivity contribution in [2.24, 2.45) is 0 Å². The Morgan fingerprint density at radius 2 is 1.70 bits per heavy atom. The van der Waals surface area contributed by atoms with Crippen LogP contribution in [0.5, 0.6) is 11.5 Å². The number of benzene rings is 2. The molecule has 0 saturated heterocycles. The zero-order valence-corrected chi connectivity index (χ0v) is 13.5. The fourth-order valence-electron chi connectivity index (χ4n) is 2.18. The largest absolute Gasteiger partial charge is 0.497 e. The number of imidazole rings is 1. The van der Waals surface area contributed by atoms with Crippen LogP contribution in [0.25, 0.3) is 11.0 Å². The smallest absolute Gasteiger partial charge is 0.175 e. The van der Waals surface area contributed by atoms with Gasteiger partial charge >= 0.3 is 0 Å². The second-order valence-electron chi connectivity index (χ2n) is 4.81. The molecule has 1 heterocycles. The predicted molar refractivity (Wildman–Crippen MR) is 95.5 cm³/mol. The van der Waals surface area contributed by atoms with Crippen LogP contribution in [0, 0.1) is 0 Å². The molecule has 6 nitrogen and oxygen atoms in total. The lowest BCUT2D eigenvalue weighted by molar-refractivity contribution is 0.395. The van der Waals surface area contributed by atoms with E-state index in [1.807, 2.05) is 30.3 Å². The van der Waals surface area contributed by atoms with Crippen molar-refractivity contribution in [3.8, 4) is 11.5 Å². The molecule has 0 aliphatic heterocycles. The summed E-state index contributed by atoms with van der Waals surface area (Å²) in [5.41, 5.74) is 3.49. The number of aromatic amines is 1. The van der Waals surface area contributed by atoms with Crippen LogP contribution in [-0.2, 0) is 0 Å². The summed E-state index contributed by atoms with van der Waals surface area (Å²) >= 11 is 5.35. The standard InChI is InChI=1S/C16H16N4O2S/c1-21-12-5-11(6-13(8-12)22-2)20-16(23)19-10-3-4-14-15(7-10)18-9-17-14/h3-9H,1-2H3,(H,17,18)(H2,19,20,23). The zero-order chi connectivity index (χ0) is 16.2. The van der Waals surface area contributed by atoms with Gasteiger partial charge in [-0.25, -0.2) is 4.98 Å². The number of hydrogen-bond acceptors (Lipinski definition) is 4. The van der Waals surface area contributed by atoms with E-state index in [9.17, 15) is 0 Å². The van der Waals surface area contributed by atoms with Gasteiger partial charge in [-0.3, -0.25) is 0 Å². The minimum absolute atomic E-state index is 0.468. The monoisotopic (exact) mass is 328 g/mol. The van der Waals surface area contributed by atoms with Gasteiger partial charge in [-0.1, -0.05) is 0 Å². The van der Waals surface area contributed by atoms with Crippen molar-refractivity contribution in [1.29, 1.82) is 0 Å². The first-order chi connectivity index (χ1) is 11.2. The van der Waals surface area contributed by atoms with Crippen molar-refractivity contribution >= 4 is 39.7 Å². The number of rotatable bonds is 4. The molecule has 0 fully saturated rings. The van der Waals surface area contributed by atoms with Crippen molar-refractivity contribution in [2.45, 2.75) is 0 Å². The molecule has 0 unspecified atom stereocenters. The Balaban J connectivity index is 1.73. The fraction of sp³-hybridized carbons (Fsp3) is 0.125. The Kier molecular flexibility index (Phi) is 4.29. The fourth-order valence-corrected chi connectivity index (χ4v) is 2.42. The van der Waals surface area contributed by atoms with Gasteiger partial charge in [0.25, 0.3) is 0 Å². The Labute approximate surface area is 138 Å². The highest BCUT2D eigenvalue weighted by Gasteiger charge is 2.05. The van der Waals surface area contributed by atoms with Gasteiger partial charge in [-0.2, -0.15) is 0 Å². The molecule has 0 atom stereocenters. The van der Waals surface area contributed by atoms with Crippen LogP contribution in [0.4, 0.5) is 11.4 Å². The van der Waals surface area contributed by atoms with Gasteiger partial charge in [-0.05, 0) is 30.4 Å². The zero-order valence-electron chi connectivity index (χ0n) is 12.7. The maximum atomic E-state index is 5.35. The molecule has 0 aliphatic rings. The first-order valence-corrected chi connectivity index (χ1v) is 7.33. The van der Waals surface area contributed by atoms with Crippen molar-refractivity contribution in [1.82, 2.24) is 9.97 Å². The molecule has 118 valence electrons. The summed E-state index contributed by atoms with van der Waals surface area (Å²) < 4.78 is 10.5. The summed E-state index contributed by atoms with van der Waals surface area (Å²) in [6, 6.07) is 11.3. The summed E-state index contributed by atoms with van der Waals surface area (Å²) in [5, 5.41) is 6.71. The average molecular weight is 328 g/mol. The number of methoxy groups -OCH3 is 2. The topological polar surface area (TPSA) is 71.2 Å². The number of ether oxygens (including phenoxy) is 2. The maximum Gasteiger partial charge on any atom is 0.175 e. The molecule has 3 N–H and O–H groups in total. The van der Waals surface area contributed by atoms with Crippen molar-refractivity contribution in [3.05, 3.63) is 42.7 Å². The van der Waals surface area contributed by atoms with Crippen LogP contribution in [0.1, 0.15) is 0 Å². The Morgan fingerprint density at radius 3 is 2.39 bits per heavy atom. The molecule has 0 amide bonds. The summed E-state index contributed by atoms with van der Waals surface area (Å²) in [6.45, 7) is 0. The minimum Gasteiger partial charge on any atom is -0.497 e. The molecule has 0 spiro atoms. The number of thiocarbonyl (C=S) groups is 1. The molecule has 3 aromatic rings. The van der Waals surface area contributed by atoms with Crippen molar-refractivity contribution < 1.29 is 9.47 Å². The first-order valence-electron chi connectivity index (χ1n) is 6.92. The van der Waals surface area contributed by atoms with Crippen LogP contribution in [0.15, 0.2) is 42.7 Å². The van der Waals surface area contributed by atoms with Gasteiger partial charge in [-0.15, -0.1) is 0 Å². The van der Waals surface area contributed by atoms with E-state index in [0.29, 0.717) is 16.6 Å². The molecule has 3 rings (SSSR count). The highest BCUT2D eigenvalue weighted by Crippen LogP contribution is 2.26. The van der Waals surface area contributed by atoms with E-state index in [4.69, 9.17) is 21.7 Å². The third kappa shape index (κ3) is 3.51. The van der Waals surface area contributed by atoms with E-state index in [-0.39, 0.29) is 0 Å². The summed E-state index contributed by atoms with van der Waals surface area (Å²) in [6.07, 6.45) is 1.66. The number of nitrogens with zero attached hydrogens (tertiary/aromatic N) is 1. The molecule has 0 radical (unpaired) electrons. The van der Waals surface area contributed by atoms with Crippen molar-refractivity contribution in [2.75, 3.05) is 24.9 Å². The SMILES string of the molecule is COc1cc(NC(=S)Nc2ccc3[nH]cnc3c2)cc(OC)c1. The number of hydrogen-bond donors (Lipinski definition) is 3. The number of anilines is 2. The Morgan fingerprint density at radius 1 is 1.00 bits per heavy atom. The normalized spacial score (nSPS) is 10.3. The molecule has 0 aliphatic carbocycles. The van der Waals surface area contributed by atoms with E-state index in [1.165, 1.54) is 0 Å². The van der Waals surface area contributed by atoms with E-state index < -0.39 is 0 Å². The molecule has 2 aromatic carbocycles. The van der Waals surface area contributed by atoms with Gasteiger partial charge in [0.1, 0.15) is 11.5 Å². The quantitative estimate of drug-likeness (QED) is 0.638. The average Bonchev–Trinajstić information content (AvgIpc) is 3.01. The molecule has 0 bridgehead atoms. The molecule has 0 saturated carbocycles. The van der Waals surface area contributed by atoms with Crippen LogP contribution < -0.4 is 20.1 Å². The second-order valence-corrected chi connectivity index (χ2v) is 5.22. The van der Waals surface area contributed by atoms with E-state index in [0.717, 1.165) is 22.4 Å². The molecular formula is C16H16N4O2S. The van der Waals surface area contributed by atoms with Gasteiger partial charge < -0.3 is 25.1 Å². The molecular weight excluding hydrogens is 312 g/mol. The van der Waals surface area contributed by atoms with Gasteiger partial charge in [0, 0.05) is 29.6 Å². The van der Waals surface area contributed by atoms with Gasteiger partial charge in [0.15, 0.2) is 5.11 Å². The van der Waals surface area contributed by atoms with Crippen LogP contribution in [-0.4, -0.2) is 29.3 Å². The summed E-state index contributed by atoms with van der Waals surface area (Å²) in [5.74, 6) is 1.38. The van der Waals surface area contributed by atoms with E-state index in [2.05, 4.69) is 20.6 Å². The van der Waals surface area contributed by atoms with E-state index in [1.54, 1.807) is 26.6 Å². The number of fused-ring (bicyclic) bond motifs is 1. The lowest BCUT2D eigenvalue weighted by Gasteiger charge is -2.13. The highest BCUT2D eigenvalue weighted by atomic mass is 32.1. The first kappa shape index (κ1) is 15.1. The molecule has 1 aromatic heterocycles. The Hall–Kier alpha value is -2.80. The number of nitrogens with one attached hydrogen (secondary N) is 3. The van der Waals surface area contributed by atoms with Gasteiger partial charge in [0.2, 0.25) is 0 Å². The maximum absolute atomic E-state index is 5.35. The lowest BCUT2D eigenvalue weighted by Crippen LogP contribution is -2.19. The summed E-state index contributed by atoms with van der Waals surface area (Å²) in [7, 11) is 3.21. The minimum atomic E-state index is 0.468. The summed E-state index contributed by atoms with van der Waals surface area (Å²) in [4.78, 5) is 7.27. The Bertz CT molecular complexity index is 825. The predicted octanol–water partition coefficient (Wildman–Crippen LogP) is 3.39. The van der Waals surface area contributed by atoms with Crippen molar-refractivity contribution in [3.63, 3.8) is 0 Å². The third-order valence-electron chi connectivity index (χ3n) is 3.29. The highest BCUT2D eigenvalue weighted by molar-refractivity contribution is 7.80. The lowest BCUT2D eigenvalue weighted by atomic mass is 10.2. The molecule has 7 heteroatoms. The number of H-pyrrole nitrogens is 1. The number of aromatic nitrogens is 2. The van der Waals surface area contributed by atoms with Crippen LogP contribution >= 0.6 is 12.2 Å². The second kappa shape index (κ2) is 6.53. The van der Waals surface area contributed by atoms with Crippen LogP contribution in [0.3, 0.4) is 0 Å².